The van der Waals surface area contributed by atoms with Gasteiger partial charge in [0.15, 0.2) is 0 Å². The van der Waals surface area contributed by atoms with Gasteiger partial charge in [-0.15, -0.1) is 0 Å². The Hall–Kier alpha value is -7.35. The van der Waals surface area contributed by atoms with Crippen molar-refractivity contribution in [3.8, 4) is 33.8 Å². The Morgan fingerprint density at radius 3 is 1.93 bits per heavy atom. The highest BCUT2D eigenvalue weighted by atomic mass is 16.5. The fourth-order valence-electron chi connectivity index (χ4n) is 9.91. The lowest BCUT2D eigenvalue weighted by Crippen LogP contribution is -2.61. The minimum absolute atomic E-state index is 0.00906. The van der Waals surface area contributed by atoms with Gasteiger partial charge < -0.3 is 62.2 Å². The first-order chi connectivity index (χ1) is 36.5. The zero-order valence-corrected chi connectivity index (χ0v) is 43.4. The lowest BCUT2D eigenvalue weighted by Gasteiger charge is -2.32. The number of aliphatic hydroxyl groups is 2. The molecule has 3 heterocycles. The van der Waals surface area contributed by atoms with Gasteiger partial charge in [0.2, 0.25) is 35.4 Å². The van der Waals surface area contributed by atoms with Crippen LogP contribution in [0.3, 0.4) is 0 Å². The average Bonchev–Trinajstić information content (AvgIpc) is 4.02. The van der Waals surface area contributed by atoms with Gasteiger partial charge >= 0.3 is 0 Å². The number of unbranched alkanes of at least 4 members (excludes halogenated alkanes) is 2. The third-order valence-electron chi connectivity index (χ3n) is 14.3. The summed E-state index contributed by atoms with van der Waals surface area (Å²) in [6.45, 7) is 5.51. The van der Waals surface area contributed by atoms with Crippen molar-refractivity contribution in [2.45, 2.75) is 139 Å². The van der Waals surface area contributed by atoms with E-state index in [1.165, 1.54) is 24.0 Å². The van der Waals surface area contributed by atoms with E-state index in [4.69, 9.17) is 10.5 Å². The van der Waals surface area contributed by atoms with E-state index in [9.17, 15) is 48.9 Å². The largest absolute Gasteiger partial charge is 0.508 e. The molecule has 3 saturated heterocycles. The topological polar surface area (TPSA) is 282 Å². The molecule has 0 saturated carbocycles. The number of nitrogens with one attached hydrogen (secondary N) is 5. The van der Waals surface area contributed by atoms with E-state index in [0.29, 0.717) is 6.61 Å². The Morgan fingerprint density at radius 1 is 0.724 bits per heavy atom. The summed E-state index contributed by atoms with van der Waals surface area (Å²) in [7, 11) is 0. The van der Waals surface area contributed by atoms with Crippen LogP contribution in [0.5, 0.6) is 11.5 Å². The van der Waals surface area contributed by atoms with Crippen LogP contribution in [0.25, 0.3) is 22.3 Å². The van der Waals surface area contributed by atoms with Crippen molar-refractivity contribution in [2.75, 3.05) is 26.2 Å². The number of carbonyl (C=O) groups is 7. The summed E-state index contributed by atoms with van der Waals surface area (Å²) in [5.41, 5.74) is 11.1. The molecule has 1 unspecified atom stereocenters. The van der Waals surface area contributed by atoms with E-state index in [-0.39, 0.29) is 75.9 Å². The van der Waals surface area contributed by atoms with Crippen molar-refractivity contribution < 1.29 is 53.6 Å². The molecule has 4 aromatic rings. The molecule has 4 aromatic carbocycles. The molecular formula is C57H72N8O11. The minimum Gasteiger partial charge on any atom is -0.508 e. The summed E-state index contributed by atoms with van der Waals surface area (Å²) < 4.78 is 5.86. The van der Waals surface area contributed by atoms with Crippen molar-refractivity contribution in [3.63, 3.8) is 0 Å². The number of amides is 7. The van der Waals surface area contributed by atoms with E-state index >= 15 is 0 Å². The molecule has 0 radical (unpaired) electrons. The Kier molecular flexibility index (Phi) is 19.6. The molecule has 3 fully saturated rings. The summed E-state index contributed by atoms with van der Waals surface area (Å²) >= 11 is 0. The molecule has 19 heteroatoms. The summed E-state index contributed by atoms with van der Waals surface area (Å²) in [4.78, 5) is 101. The van der Waals surface area contributed by atoms with Crippen molar-refractivity contribution in [1.29, 1.82) is 0 Å². The van der Waals surface area contributed by atoms with Crippen LogP contribution >= 0.6 is 0 Å². The highest BCUT2D eigenvalue weighted by Crippen LogP contribution is 2.28. The molecular weight excluding hydrogens is 973 g/mol. The molecule has 9 atom stereocenters. The fraction of sp³-hybridized carbons (Fsp3) is 0.456. The second-order valence-corrected chi connectivity index (χ2v) is 20.1. The van der Waals surface area contributed by atoms with Crippen molar-refractivity contribution in [3.05, 3.63) is 108 Å². The zero-order chi connectivity index (χ0) is 54.5. The summed E-state index contributed by atoms with van der Waals surface area (Å²) in [6.07, 6.45) is 0.933. The van der Waals surface area contributed by atoms with Crippen LogP contribution in [0.4, 0.5) is 0 Å². The second-order valence-electron chi connectivity index (χ2n) is 20.1. The van der Waals surface area contributed by atoms with E-state index in [1.54, 1.807) is 43.3 Å². The van der Waals surface area contributed by atoms with Crippen molar-refractivity contribution >= 4 is 41.4 Å². The first-order valence-corrected chi connectivity index (χ1v) is 26.5. The predicted octanol–water partition coefficient (Wildman–Crippen LogP) is 3.07. The summed E-state index contributed by atoms with van der Waals surface area (Å²) in [5, 5.41) is 45.4. The number of aliphatic hydroxyl groups excluding tert-OH is 2. The maximum atomic E-state index is 14.4. The predicted molar refractivity (Wildman–Crippen MR) is 284 cm³/mol. The van der Waals surface area contributed by atoms with E-state index < -0.39 is 95.9 Å². The van der Waals surface area contributed by atoms with Gasteiger partial charge in [-0.1, -0.05) is 87.4 Å². The van der Waals surface area contributed by atoms with Crippen LogP contribution in [0.2, 0.25) is 0 Å². The number of aryl methyl sites for hydroxylation is 1. The molecule has 19 nitrogen and oxygen atoms in total. The number of phenolic OH excluding ortho intramolecular Hbond substituents is 1. The molecule has 3 aliphatic heterocycles. The number of carbonyl (C=O) groups excluding carboxylic acids is 7. The average molecular weight is 1050 g/mol. The van der Waals surface area contributed by atoms with Gasteiger partial charge in [0.1, 0.15) is 47.8 Å². The smallest absolute Gasteiger partial charge is 0.251 e. The number of hydrogen-bond donors (Lipinski definition) is 9. The van der Waals surface area contributed by atoms with Crippen LogP contribution in [-0.2, 0) is 35.2 Å². The van der Waals surface area contributed by atoms with Crippen molar-refractivity contribution in [2.24, 2.45) is 5.73 Å². The quantitative estimate of drug-likeness (QED) is 0.0825. The van der Waals surface area contributed by atoms with E-state index in [2.05, 4.69) is 33.5 Å². The second kappa shape index (κ2) is 26.4. The molecule has 3 aliphatic rings. The van der Waals surface area contributed by atoms with Gasteiger partial charge in [-0.05, 0) is 116 Å². The SMILES string of the molecule is CCCCCOc1ccc(-c2ccc(-c3ccc(C(=O)N[C@H]4CCCNC(=O)[C@@H]5C[C@H](N)CN5C(=O)[C@H](CC)NC(=O)C(CCc5ccc(O)cc5)NC(=O)[C@@H]5C[C@@H](O)CN5C(=O)[C@H]([C@@H](C)O)NC4=O)cc3)cc2)cc1. The number of benzene rings is 4. The zero-order valence-electron chi connectivity index (χ0n) is 43.4. The van der Waals surface area contributed by atoms with Gasteiger partial charge in [0.05, 0.1) is 18.8 Å². The lowest BCUT2D eigenvalue weighted by molar-refractivity contribution is -0.145. The molecule has 7 amide bonds. The van der Waals surface area contributed by atoms with Gasteiger partial charge in [-0.3, -0.25) is 33.6 Å². The van der Waals surface area contributed by atoms with Crippen LogP contribution in [0, 0.1) is 0 Å². The third kappa shape index (κ3) is 14.5. The maximum Gasteiger partial charge on any atom is 0.251 e. The molecule has 0 spiro atoms. The van der Waals surface area contributed by atoms with E-state index in [1.807, 2.05) is 48.5 Å². The first kappa shape index (κ1) is 56.4. The molecule has 7 rings (SSSR count). The standard InChI is InChI=1S/C57H72N8O11/c1-4-6-7-29-76-44-25-21-39(22-26-44)37-15-13-36(14-16-37)38-17-19-40(20-18-38)51(69)61-46-9-8-28-59-54(72)48-30-41(58)32-64(48)56(74)45(5-2)60-52(70)47(27-12-35-10-23-42(67)24-11-35)62-55(73)49-31-43(68)33-65(49)57(75)50(34(3)66)63-53(46)71/h10-11,13-26,34,41,43,45-50,66-68H,4-9,12,27-33,58H2,1-3H3,(H,59,72)(H,60,70)(H,61,69)(H,62,73)(H,63,71)/t34-,41+,43-,45+,46+,47?,48+,49+,50+/m1/s1. The third-order valence-corrected chi connectivity index (χ3v) is 14.3. The molecule has 10 N–H and O–H groups in total. The van der Waals surface area contributed by atoms with Crippen molar-refractivity contribution in [1.82, 2.24) is 36.4 Å². The van der Waals surface area contributed by atoms with Crippen LogP contribution in [-0.4, -0.2) is 147 Å². The van der Waals surface area contributed by atoms with Gasteiger partial charge in [0, 0.05) is 37.7 Å². The highest BCUT2D eigenvalue weighted by Gasteiger charge is 2.45. The number of aromatic hydroxyl groups is 1. The normalized spacial score (nSPS) is 24.5. The molecule has 406 valence electrons. The minimum atomic E-state index is -1.65. The fourth-order valence-corrected chi connectivity index (χ4v) is 9.91. The van der Waals surface area contributed by atoms with Gasteiger partial charge in [-0.25, -0.2) is 0 Å². The summed E-state index contributed by atoms with van der Waals surface area (Å²) in [6, 6.07) is 20.8. The lowest BCUT2D eigenvalue weighted by atomic mass is 9.99. The number of phenols is 1. The Labute approximate surface area is 443 Å². The molecule has 0 aliphatic carbocycles. The van der Waals surface area contributed by atoms with Crippen LogP contribution in [0.1, 0.15) is 94.5 Å². The monoisotopic (exact) mass is 1040 g/mol. The number of nitrogens with two attached hydrogens (primary N) is 1. The highest BCUT2D eigenvalue weighted by molar-refractivity contribution is 6.00. The number of rotatable bonds is 14. The molecule has 0 aromatic heterocycles. The molecule has 0 bridgehead atoms. The number of ether oxygens (including phenoxy) is 1. The Bertz CT molecular complexity index is 2650. The first-order valence-electron chi connectivity index (χ1n) is 26.5. The van der Waals surface area contributed by atoms with E-state index in [0.717, 1.165) is 57.7 Å². The van der Waals surface area contributed by atoms with Gasteiger partial charge in [0.25, 0.3) is 5.91 Å². The number of fused-ring (bicyclic) bond motifs is 2. The number of nitrogens with zero attached hydrogens (tertiary/aromatic N) is 2. The van der Waals surface area contributed by atoms with Crippen LogP contribution < -0.4 is 37.1 Å². The molecule has 76 heavy (non-hydrogen) atoms. The van der Waals surface area contributed by atoms with Crippen LogP contribution in [0.15, 0.2) is 97.1 Å². The Morgan fingerprint density at radius 2 is 1.32 bits per heavy atom. The number of hydrogen-bond acceptors (Lipinski definition) is 12. The van der Waals surface area contributed by atoms with Gasteiger partial charge in [-0.2, -0.15) is 0 Å². The Balaban J connectivity index is 1.10. The maximum absolute atomic E-state index is 14.4. The summed E-state index contributed by atoms with van der Waals surface area (Å²) in [5.74, 6) is -4.08.